The fraction of sp³-hybridized carbons (Fsp3) is 0.593. The molecule has 1 spiro atoms. The lowest BCUT2D eigenvalue weighted by Gasteiger charge is -2.35. The second-order valence-corrected chi connectivity index (χ2v) is 13.0. The molecule has 10 nitrogen and oxygen atoms in total. The number of hydrogen-bond acceptors (Lipinski definition) is 8. The molecule has 0 atom stereocenters. The predicted molar refractivity (Wildman–Crippen MR) is 150 cm³/mol. The first-order valence-corrected chi connectivity index (χ1v) is 15.3. The number of alkyl halides is 2. The third kappa shape index (κ3) is 6.80. The number of halogens is 2. The summed E-state index contributed by atoms with van der Waals surface area (Å²) in [5.41, 5.74) is 2.39. The summed E-state index contributed by atoms with van der Waals surface area (Å²) in [6.45, 7) is 3.69. The molecule has 0 bridgehead atoms. The monoisotopic (exact) mass is 578 g/mol. The number of nitrogens with one attached hydrogen (secondary N) is 2. The van der Waals surface area contributed by atoms with E-state index in [0.717, 1.165) is 25.9 Å². The van der Waals surface area contributed by atoms with Gasteiger partial charge in [-0.3, -0.25) is 14.8 Å². The summed E-state index contributed by atoms with van der Waals surface area (Å²) in [6.07, 6.45) is 4.01. The standard InChI is InChI=1S/C27H36F2N6O4S/c1-19-17-23(35-13-9-27(28,29)10-14-35)31-25(30-19)32-24(36)21-4-3-20(33-40(37,38)16-15-39-2)18-22(21)34-11-7-26(5-6-26)8-12-34/h3-4,17-18,33H,5-16H2,1-2H3,(H,30,31,32,36). The number of hydrogen-bond donors (Lipinski definition) is 2. The Balaban J connectivity index is 1.38. The van der Waals surface area contributed by atoms with Crippen LogP contribution < -0.4 is 19.8 Å². The van der Waals surface area contributed by atoms with Gasteiger partial charge in [-0.25, -0.2) is 22.2 Å². The van der Waals surface area contributed by atoms with E-state index < -0.39 is 21.9 Å². The molecule has 1 aromatic carbocycles. The lowest BCUT2D eigenvalue weighted by molar-refractivity contribution is -0.0221. The van der Waals surface area contributed by atoms with Gasteiger partial charge in [0.2, 0.25) is 16.0 Å². The molecule has 5 rings (SSSR count). The van der Waals surface area contributed by atoms with Crippen molar-refractivity contribution >= 4 is 39.1 Å². The Labute approximate surface area is 233 Å². The van der Waals surface area contributed by atoms with E-state index in [0.29, 0.717) is 33.9 Å². The SMILES string of the molecule is COCCS(=O)(=O)Nc1ccc(C(=O)Nc2nc(C)cc(N3CCC(F)(F)CC3)n2)c(N2CCC3(CC2)CC3)c1. The highest BCUT2D eigenvalue weighted by Crippen LogP contribution is 2.54. The molecule has 2 saturated heterocycles. The fourth-order valence-electron chi connectivity index (χ4n) is 5.37. The number of methoxy groups -OCH3 is 1. The van der Waals surface area contributed by atoms with E-state index >= 15 is 0 Å². The molecular formula is C27H36F2N6O4S. The second kappa shape index (κ2) is 11.1. The number of sulfonamides is 1. The van der Waals surface area contributed by atoms with Gasteiger partial charge < -0.3 is 14.5 Å². The van der Waals surface area contributed by atoms with E-state index in [1.165, 1.54) is 20.0 Å². The Morgan fingerprint density at radius 3 is 2.33 bits per heavy atom. The molecule has 3 fully saturated rings. The second-order valence-electron chi connectivity index (χ2n) is 11.1. The molecule has 3 heterocycles. The number of rotatable bonds is 9. The first kappa shape index (κ1) is 28.5. The maximum Gasteiger partial charge on any atom is 0.260 e. The molecule has 1 saturated carbocycles. The maximum absolute atomic E-state index is 13.7. The number of carbonyl (C=O) groups is 1. The van der Waals surface area contributed by atoms with Gasteiger partial charge >= 0.3 is 0 Å². The zero-order valence-corrected chi connectivity index (χ0v) is 23.7. The molecule has 1 aliphatic carbocycles. The first-order chi connectivity index (χ1) is 19.0. The van der Waals surface area contributed by atoms with Crippen LogP contribution in [0.2, 0.25) is 0 Å². The number of carbonyl (C=O) groups excluding carboxylic acids is 1. The topological polar surface area (TPSA) is 117 Å². The molecule has 2 aromatic rings. The molecule has 1 aromatic heterocycles. The minimum atomic E-state index is -3.63. The Morgan fingerprint density at radius 2 is 1.68 bits per heavy atom. The van der Waals surface area contributed by atoms with Gasteiger partial charge in [0.15, 0.2) is 0 Å². The molecule has 1 amide bonds. The van der Waals surface area contributed by atoms with Crippen molar-refractivity contribution in [2.45, 2.75) is 51.4 Å². The van der Waals surface area contributed by atoms with E-state index in [1.807, 2.05) is 0 Å². The molecule has 218 valence electrons. The van der Waals surface area contributed by atoms with Crippen molar-refractivity contribution in [3.8, 4) is 0 Å². The fourth-order valence-corrected chi connectivity index (χ4v) is 6.35. The van der Waals surface area contributed by atoms with E-state index in [2.05, 4.69) is 24.9 Å². The summed E-state index contributed by atoms with van der Waals surface area (Å²) in [5, 5.41) is 2.78. The van der Waals surface area contributed by atoms with Gasteiger partial charge in [0, 0.05) is 57.9 Å². The van der Waals surface area contributed by atoms with Crippen molar-refractivity contribution in [1.29, 1.82) is 0 Å². The van der Waals surface area contributed by atoms with Crippen LogP contribution in [0, 0.1) is 12.3 Å². The summed E-state index contributed by atoms with van der Waals surface area (Å²) >= 11 is 0. The first-order valence-electron chi connectivity index (χ1n) is 13.6. The Morgan fingerprint density at radius 1 is 1.00 bits per heavy atom. The van der Waals surface area contributed by atoms with Crippen molar-refractivity contribution in [2.75, 3.05) is 65.5 Å². The number of benzene rings is 1. The summed E-state index contributed by atoms with van der Waals surface area (Å²) in [7, 11) is -2.19. The predicted octanol–water partition coefficient (Wildman–Crippen LogP) is 4.04. The normalized spacial score (nSPS) is 19.9. The summed E-state index contributed by atoms with van der Waals surface area (Å²) in [4.78, 5) is 26.3. The molecule has 3 aliphatic rings. The van der Waals surface area contributed by atoms with Crippen LogP contribution in [0.3, 0.4) is 0 Å². The minimum absolute atomic E-state index is 0.0647. The number of nitrogens with zero attached hydrogens (tertiary/aromatic N) is 4. The highest BCUT2D eigenvalue weighted by atomic mass is 32.2. The highest BCUT2D eigenvalue weighted by molar-refractivity contribution is 7.92. The molecular weight excluding hydrogens is 542 g/mol. The molecule has 40 heavy (non-hydrogen) atoms. The molecule has 0 unspecified atom stereocenters. The number of piperidine rings is 2. The van der Waals surface area contributed by atoms with E-state index in [4.69, 9.17) is 4.74 Å². The van der Waals surface area contributed by atoms with E-state index in [-0.39, 0.29) is 44.2 Å². The number of amides is 1. The zero-order valence-electron chi connectivity index (χ0n) is 22.9. The van der Waals surface area contributed by atoms with Crippen molar-refractivity contribution in [3.63, 3.8) is 0 Å². The van der Waals surface area contributed by atoms with Crippen molar-refractivity contribution in [1.82, 2.24) is 9.97 Å². The number of ether oxygens (including phenoxy) is 1. The quantitative estimate of drug-likeness (QED) is 0.458. The van der Waals surface area contributed by atoms with Gasteiger partial charge in [-0.15, -0.1) is 0 Å². The Kier molecular flexibility index (Phi) is 7.88. The van der Waals surface area contributed by atoms with Crippen LogP contribution in [0.1, 0.15) is 54.6 Å². The Bertz CT molecular complexity index is 1350. The van der Waals surface area contributed by atoms with E-state index in [9.17, 15) is 22.0 Å². The lowest BCUT2D eigenvalue weighted by Crippen LogP contribution is -2.40. The van der Waals surface area contributed by atoms with Gasteiger partial charge in [0.1, 0.15) is 5.82 Å². The largest absolute Gasteiger partial charge is 0.384 e. The zero-order chi connectivity index (χ0) is 28.5. The van der Waals surface area contributed by atoms with Crippen LogP contribution in [0.25, 0.3) is 0 Å². The van der Waals surface area contributed by atoms with Gasteiger partial charge in [-0.2, -0.15) is 4.98 Å². The molecule has 0 radical (unpaired) electrons. The molecule has 2 aliphatic heterocycles. The van der Waals surface area contributed by atoms with Crippen LogP contribution in [-0.4, -0.2) is 75.9 Å². The molecule has 2 N–H and O–H groups in total. The van der Waals surface area contributed by atoms with Crippen LogP contribution in [0.15, 0.2) is 24.3 Å². The number of aryl methyl sites for hydroxylation is 1. The van der Waals surface area contributed by atoms with Gasteiger partial charge in [0.05, 0.1) is 29.3 Å². The minimum Gasteiger partial charge on any atom is -0.384 e. The highest BCUT2D eigenvalue weighted by Gasteiger charge is 2.44. The van der Waals surface area contributed by atoms with Crippen LogP contribution in [0.4, 0.5) is 31.9 Å². The number of anilines is 4. The third-order valence-corrected chi connectivity index (χ3v) is 9.33. The van der Waals surface area contributed by atoms with Crippen LogP contribution in [-0.2, 0) is 14.8 Å². The van der Waals surface area contributed by atoms with E-state index in [1.54, 1.807) is 36.1 Å². The average molecular weight is 579 g/mol. The van der Waals surface area contributed by atoms with Crippen molar-refractivity contribution < 1.29 is 26.7 Å². The average Bonchev–Trinajstić information content (AvgIpc) is 3.65. The summed E-state index contributed by atoms with van der Waals surface area (Å²) in [5.74, 6) is -2.72. The van der Waals surface area contributed by atoms with Crippen LogP contribution >= 0.6 is 0 Å². The van der Waals surface area contributed by atoms with Crippen molar-refractivity contribution in [3.05, 3.63) is 35.5 Å². The summed E-state index contributed by atoms with van der Waals surface area (Å²) in [6, 6.07) is 6.58. The van der Waals surface area contributed by atoms with Gasteiger partial charge in [0.25, 0.3) is 11.8 Å². The maximum atomic E-state index is 13.7. The smallest absolute Gasteiger partial charge is 0.260 e. The summed E-state index contributed by atoms with van der Waals surface area (Å²) < 4.78 is 59.8. The number of aromatic nitrogens is 2. The van der Waals surface area contributed by atoms with Gasteiger partial charge in [-0.1, -0.05) is 0 Å². The Hall–Kier alpha value is -3.06. The van der Waals surface area contributed by atoms with Crippen LogP contribution in [0.5, 0.6) is 0 Å². The molecule has 13 heteroatoms. The third-order valence-electron chi connectivity index (χ3n) is 8.08. The lowest BCUT2D eigenvalue weighted by atomic mass is 9.93. The van der Waals surface area contributed by atoms with Crippen molar-refractivity contribution in [2.24, 2.45) is 5.41 Å². The van der Waals surface area contributed by atoms with Gasteiger partial charge in [-0.05, 0) is 56.2 Å².